The second kappa shape index (κ2) is 5.42. The number of amides is 1. The highest BCUT2D eigenvalue weighted by Gasteiger charge is 2.09. The maximum Gasteiger partial charge on any atom is 0.253 e. The number of hydrogen-bond acceptors (Lipinski definition) is 3. The van der Waals surface area contributed by atoms with E-state index >= 15 is 0 Å². The number of ether oxygens (including phenoxy) is 1. The molecule has 1 rings (SSSR count). The minimum atomic E-state index is -0.290. The molecule has 0 saturated carbocycles. The number of rotatable bonds is 4. The summed E-state index contributed by atoms with van der Waals surface area (Å²) in [5.74, 6) is 0.317. The Balaban J connectivity index is 2.79. The summed E-state index contributed by atoms with van der Waals surface area (Å²) in [6.45, 7) is 3.68. The van der Waals surface area contributed by atoms with E-state index in [9.17, 15) is 4.79 Å². The van der Waals surface area contributed by atoms with Crippen LogP contribution >= 0.6 is 11.6 Å². The van der Waals surface area contributed by atoms with Gasteiger partial charge in [0.15, 0.2) is 0 Å². The lowest BCUT2D eigenvalue weighted by atomic mass is 10.1. The van der Waals surface area contributed by atoms with Crippen molar-refractivity contribution in [3.05, 3.63) is 35.4 Å². The van der Waals surface area contributed by atoms with E-state index in [1.807, 2.05) is 0 Å². The quantitative estimate of drug-likeness (QED) is 0.789. The van der Waals surface area contributed by atoms with Gasteiger partial charge in [0, 0.05) is 16.8 Å². The Kier molecular flexibility index (Phi) is 4.19. The van der Waals surface area contributed by atoms with Gasteiger partial charge in [-0.1, -0.05) is 18.2 Å². The fourth-order valence-electron chi connectivity index (χ4n) is 1.15. The third-order valence-electron chi connectivity index (χ3n) is 1.94. The number of nitrogens with one attached hydrogen (secondary N) is 1. The number of benzene rings is 1. The molecule has 0 heterocycles. The molecule has 0 bridgehead atoms. The lowest BCUT2D eigenvalue weighted by Gasteiger charge is -2.08. The molecule has 0 aromatic heterocycles. The second-order valence-electron chi connectivity index (χ2n) is 3.15. The number of hydrogen-bond donors (Lipinski definition) is 2. The van der Waals surface area contributed by atoms with Crippen LogP contribution in [0.3, 0.4) is 0 Å². The van der Waals surface area contributed by atoms with Crippen molar-refractivity contribution in [2.45, 2.75) is 0 Å². The molecule has 86 valence electrons. The van der Waals surface area contributed by atoms with Crippen LogP contribution in [0.1, 0.15) is 10.4 Å². The topological polar surface area (TPSA) is 64.3 Å². The number of methoxy groups -OCH3 is 1. The van der Waals surface area contributed by atoms with E-state index in [1.165, 1.54) is 7.11 Å². The summed E-state index contributed by atoms with van der Waals surface area (Å²) >= 11 is 5.54. The highest BCUT2D eigenvalue weighted by atomic mass is 35.5. The van der Waals surface area contributed by atoms with Gasteiger partial charge in [0.05, 0.1) is 19.2 Å². The van der Waals surface area contributed by atoms with Gasteiger partial charge in [-0.2, -0.15) is 0 Å². The molecule has 0 atom stereocenters. The summed E-state index contributed by atoms with van der Waals surface area (Å²) in [5.41, 5.74) is 6.45. The van der Waals surface area contributed by atoms with E-state index in [0.29, 0.717) is 22.0 Å². The number of carbonyl (C=O) groups is 1. The average Bonchev–Trinajstić information content (AvgIpc) is 2.25. The lowest BCUT2D eigenvalue weighted by Crippen LogP contribution is -2.25. The van der Waals surface area contributed by atoms with Gasteiger partial charge in [0.25, 0.3) is 5.91 Å². The smallest absolute Gasteiger partial charge is 0.253 e. The van der Waals surface area contributed by atoms with E-state index in [0.717, 1.165) is 0 Å². The van der Waals surface area contributed by atoms with Crippen LogP contribution < -0.4 is 15.8 Å². The van der Waals surface area contributed by atoms with E-state index < -0.39 is 0 Å². The minimum absolute atomic E-state index is 0.214. The molecule has 4 nitrogen and oxygen atoms in total. The minimum Gasteiger partial charge on any atom is -0.497 e. The first-order valence-electron chi connectivity index (χ1n) is 4.59. The molecular formula is C11H13ClN2O2. The fraction of sp³-hybridized carbons (Fsp3) is 0.182. The number of nitrogen functional groups attached to an aromatic ring is 1. The van der Waals surface area contributed by atoms with E-state index in [-0.39, 0.29) is 12.5 Å². The maximum atomic E-state index is 11.6. The molecule has 1 amide bonds. The molecule has 0 fully saturated rings. The van der Waals surface area contributed by atoms with Crippen LogP contribution in [0.15, 0.2) is 29.8 Å². The Morgan fingerprint density at radius 2 is 2.31 bits per heavy atom. The van der Waals surface area contributed by atoms with Gasteiger partial charge in [-0.15, -0.1) is 0 Å². The summed E-state index contributed by atoms with van der Waals surface area (Å²) in [4.78, 5) is 11.6. The van der Waals surface area contributed by atoms with Gasteiger partial charge in [-0.3, -0.25) is 4.79 Å². The zero-order valence-corrected chi connectivity index (χ0v) is 9.67. The first-order valence-corrected chi connectivity index (χ1v) is 4.97. The van der Waals surface area contributed by atoms with Crippen LogP contribution in [0.5, 0.6) is 5.75 Å². The molecule has 0 unspecified atom stereocenters. The van der Waals surface area contributed by atoms with Gasteiger partial charge < -0.3 is 15.8 Å². The van der Waals surface area contributed by atoms with E-state index in [1.54, 1.807) is 18.2 Å². The van der Waals surface area contributed by atoms with Crippen molar-refractivity contribution in [2.75, 3.05) is 19.4 Å². The first kappa shape index (κ1) is 12.4. The highest BCUT2D eigenvalue weighted by Crippen LogP contribution is 2.19. The Morgan fingerprint density at radius 1 is 1.62 bits per heavy atom. The molecule has 0 aliphatic rings. The predicted molar refractivity (Wildman–Crippen MR) is 64.7 cm³/mol. The van der Waals surface area contributed by atoms with E-state index in [2.05, 4.69) is 11.9 Å². The number of halogens is 1. The Labute approximate surface area is 99.0 Å². The Morgan fingerprint density at radius 3 is 2.81 bits per heavy atom. The van der Waals surface area contributed by atoms with E-state index in [4.69, 9.17) is 22.1 Å². The van der Waals surface area contributed by atoms with Gasteiger partial charge in [-0.05, 0) is 12.1 Å². The number of anilines is 1. The largest absolute Gasteiger partial charge is 0.497 e. The Bertz CT molecular complexity index is 418. The second-order valence-corrected chi connectivity index (χ2v) is 3.69. The zero-order chi connectivity index (χ0) is 12.1. The molecule has 3 N–H and O–H groups in total. The molecule has 0 radical (unpaired) electrons. The van der Waals surface area contributed by atoms with Crippen LogP contribution in [0, 0.1) is 0 Å². The van der Waals surface area contributed by atoms with Gasteiger partial charge in [0.2, 0.25) is 0 Å². The van der Waals surface area contributed by atoms with Crippen molar-refractivity contribution in [1.82, 2.24) is 5.32 Å². The van der Waals surface area contributed by atoms with Gasteiger partial charge in [-0.25, -0.2) is 0 Å². The van der Waals surface area contributed by atoms with Crippen molar-refractivity contribution in [1.29, 1.82) is 0 Å². The molecular weight excluding hydrogens is 228 g/mol. The van der Waals surface area contributed by atoms with Gasteiger partial charge in [0.1, 0.15) is 5.75 Å². The first-order chi connectivity index (χ1) is 7.54. The molecule has 16 heavy (non-hydrogen) atoms. The van der Waals surface area contributed by atoms with Crippen molar-refractivity contribution >= 4 is 23.2 Å². The summed E-state index contributed by atoms with van der Waals surface area (Å²) in [6.07, 6.45) is 0. The standard InChI is InChI=1S/C11H13ClN2O2/c1-7(12)6-14-11(15)9-4-3-8(16-2)5-10(9)13/h3-5H,1,6,13H2,2H3,(H,14,15). The molecule has 1 aromatic rings. The maximum absolute atomic E-state index is 11.6. The molecule has 1 aromatic carbocycles. The third-order valence-corrected chi connectivity index (χ3v) is 2.08. The van der Waals surface area contributed by atoms with Crippen LogP contribution in [0.25, 0.3) is 0 Å². The van der Waals surface area contributed by atoms with Crippen LogP contribution in [0.2, 0.25) is 0 Å². The monoisotopic (exact) mass is 240 g/mol. The lowest BCUT2D eigenvalue weighted by molar-refractivity contribution is 0.0958. The summed E-state index contributed by atoms with van der Waals surface area (Å²) in [6, 6.07) is 4.85. The SMILES string of the molecule is C=C(Cl)CNC(=O)c1ccc(OC)cc1N. The average molecular weight is 241 g/mol. The van der Waals surface area contributed by atoms with Gasteiger partial charge >= 0.3 is 0 Å². The Hall–Kier alpha value is -1.68. The molecule has 0 aliphatic carbocycles. The molecule has 0 saturated heterocycles. The summed E-state index contributed by atoms with van der Waals surface area (Å²) in [5, 5.41) is 2.95. The van der Waals surface area contributed by atoms with Crippen molar-refractivity contribution < 1.29 is 9.53 Å². The summed E-state index contributed by atoms with van der Waals surface area (Å²) in [7, 11) is 1.53. The van der Waals surface area contributed by atoms with Crippen molar-refractivity contribution in [2.24, 2.45) is 0 Å². The zero-order valence-electron chi connectivity index (χ0n) is 8.92. The number of nitrogens with two attached hydrogens (primary N) is 1. The molecule has 0 aliphatic heterocycles. The highest BCUT2D eigenvalue weighted by molar-refractivity contribution is 6.29. The van der Waals surface area contributed by atoms with Crippen LogP contribution in [0.4, 0.5) is 5.69 Å². The number of carbonyl (C=O) groups excluding carboxylic acids is 1. The van der Waals surface area contributed by atoms with Crippen molar-refractivity contribution in [3.63, 3.8) is 0 Å². The van der Waals surface area contributed by atoms with Crippen LogP contribution in [-0.2, 0) is 0 Å². The van der Waals surface area contributed by atoms with Crippen LogP contribution in [-0.4, -0.2) is 19.6 Å². The third kappa shape index (κ3) is 3.17. The summed E-state index contributed by atoms with van der Waals surface area (Å²) < 4.78 is 4.98. The normalized spacial score (nSPS) is 9.62. The van der Waals surface area contributed by atoms with Crippen molar-refractivity contribution in [3.8, 4) is 5.75 Å². The fourth-order valence-corrected chi connectivity index (χ4v) is 1.21. The molecule has 5 heteroatoms. The molecule has 0 spiro atoms. The predicted octanol–water partition coefficient (Wildman–Crippen LogP) is 1.76.